The van der Waals surface area contributed by atoms with Gasteiger partial charge in [0, 0.05) is 38.5 Å². The molecule has 0 aliphatic carbocycles. The number of carbonyl (C=O) groups is 1. The molecule has 3 N–H and O–H groups in total. The summed E-state index contributed by atoms with van der Waals surface area (Å²) in [4.78, 5) is 19.1. The summed E-state index contributed by atoms with van der Waals surface area (Å²) in [6.45, 7) is 5.44. The standard InChI is InChI=1S/C24H32N4O2/c1-2-25-24(27-15-22(18-29)19-9-4-3-5-10-19)26-14-8-13-23(30)28-16-20-11-6-7-12-21(20)17-28/h3-7,9-12,22,29H,2,8,13-18H2,1H3,(H2,25,26,27). The molecule has 0 radical (unpaired) electrons. The number of carbonyl (C=O) groups excluding carboxylic acids is 1. The lowest BCUT2D eigenvalue weighted by Gasteiger charge is -2.17. The van der Waals surface area contributed by atoms with Crippen LogP contribution in [-0.2, 0) is 17.9 Å². The van der Waals surface area contributed by atoms with Crippen LogP contribution in [0.4, 0.5) is 0 Å². The Kier molecular flexibility index (Phi) is 8.27. The second kappa shape index (κ2) is 11.4. The summed E-state index contributed by atoms with van der Waals surface area (Å²) in [5, 5.41) is 16.2. The first-order valence-electron chi connectivity index (χ1n) is 10.7. The minimum Gasteiger partial charge on any atom is -0.396 e. The van der Waals surface area contributed by atoms with Crippen molar-refractivity contribution >= 4 is 11.9 Å². The number of aliphatic hydroxyl groups excluding tert-OH is 1. The molecule has 3 rings (SSSR count). The fourth-order valence-electron chi connectivity index (χ4n) is 3.65. The highest BCUT2D eigenvalue weighted by molar-refractivity contribution is 5.80. The SMILES string of the molecule is CCNC(=NCC(CO)c1ccccc1)NCCCC(=O)N1Cc2ccccc2C1. The van der Waals surface area contributed by atoms with Crippen LogP contribution in [0.5, 0.6) is 0 Å². The van der Waals surface area contributed by atoms with Crippen LogP contribution in [0.3, 0.4) is 0 Å². The monoisotopic (exact) mass is 408 g/mol. The Bertz CT molecular complexity index is 813. The highest BCUT2D eigenvalue weighted by atomic mass is 16.3. The molecule has 1 unspecified atom stereocenters. The van der Waals surface area contributed by atoms with E-state index in [1.807, 2.05) is 54.3 Å². The summed E-state index contributed by atoms with van der Waals surface area (Å²) >= 11 is 0. The molecule has 1 aliphatic rings. The van der Waals surface area contributed by atoms with Crippen molar-refractivity contribution in [3.05, 3.63) is 71.3 Å². The molecule has 160 valence electrons. The summed E-state index contributed by atoms with van der Waals surface area (Å²) < 4.78 is 0. The third-order valence-electron chi connectivity index (χ3n) is 5.36. The van der Waals surface area contributed by atoms with Crippen LogP contribution in [0.15, 0.2) is 59.6 Å². The van der Waals surface area contributed by atoms with E-state index in [4.69, 9.17) is 0 Å². The van der Waals surface area contributed by atoms with E-state index in [0.717, 1.165) is 18.5 Å². The highest BCUT2D eigenvalue weighted by Gasteiger charge is 2.22. The Balaban J connectivity index is 1.43. The average molecular weight is 409 g/mol. The van der Waals surface area contributed by atoms with Gasteiger partial charge < -0.3 is 20.6 Å². The van der Waals surface area contributed by atoms with Crippen LogP contribution in [0, 0.1) is 0 Å². The van der Waals surface area contributed by atoms with E-state index >= 15 is 0 Å². The number of aliphatic hydroxyl groups is 1. The Morgan fingerprint density at radius 1 is 1.07 bits per heavy atom. The molecule has 0 aromatic heterocycles. The summed E-state index contributed by atoms with van der Waals surface area (Å²) in [5.74, 6) is 0.882. The van der Waals surface area contributed by atoms with Crippen LogP contribution in [0.25, 0.3) is 0 Å². The summed E-state index contributed by atoms with van der Waals surface area (Å²) in [5.41, 5.74) is 3.58. The molecule has 30 heavy (non-hydrogen) atoms. The minimum atomic E-state index is -0.0277. The quantitative estimate of drug-likeness (QED) is 0.339. The molecule has 0 bridgehead atoms. The largest absolute Gasteiger partial charge is 0.396 e. The number of aliphatic imine (C=N–C) groups is 1. The van der Waals surface area contributed by atoms with E-state index in [9.17, 15) is 9.90 Å². The molecule has 1 atom stereocenters. The van der Waals surface area contributed by atoms with Crippen molar-refractivity contribution in [2.75, 3.05) is 26.2 Å². The van der Waals surface area contributed by atoms with Gasteiger partial charge in [-0.1, -0.05) is 54.6 Å². The first-order valence-corrected chi connectivity index (χ1v) is 10.7. The molecule has 1 heterocycles. The Morgan fingerprint density at radius 2 is 1.73 bits per heavy atom. The second-order valence-corrected chi connectivity index (χ2v) is 7.56. The van der Waals surface area contributed by atoms with Crippen molar-refractivity contribution in [2.24, 2.45) is 4.99 Å². The van der Waals surface area contributed by atoms with Crippen LogP contribution in [-0.4, -0.2) is 48.1 Å². The van der Waals surface area contributed by atoms with Gasteiger partial charge in [-0.3, -0.25) is 9.79 Å². The van der Waals surface area contributed by atoms with Gasteiger partial charge in [-0.05, 0) is 30.0 Å². The molecule has 1 aliphatic heterocycles. The Morgan fingerprint density at radius 3 is 2.37 bits per heavy atom. The number of amides is 1. The third kappa shape index (κ3) is 6.07. The van der Waals surface area contributed by atoms with Crippen molar-refractivity contribution in [2.45, 2.75) is 38.8 Å². The maximum atomic E-state index is 12.5. The van der Waals surface area contributed by atoms with Crippen molar-refractivity contribution in [1.82, 2.24) is 15.5 Å². The average Bonchev–Trinajstić information content (AvgIpc) is 3.22. The lowest BCUT2D eigenvalue weighted by atomic mass is 10.0. The molecule has 0 fully saturated rings. The van der Waals surface area contributed by atoms with Gasteiger partial charge in [0.25, 0.3) is 0 Å². The molecule has 2 aromatic rings. The van der Waals surface area contributed by atoms with Gasteiger partial charge in [0.2, 0.25) is 5.91 Å². The summed E-state index contributed by atoms with van der Waals surface area (Å²) in [6.07, 6.45) is 1.27. The summed E-state index contributed by atoms with van der Waals surface area (Å²) in [6, 6.07) is 18.2. The zero-order valence-corrected chi connectivity index (χ0v) is 17.7. The Hall–Kier alpha value is -2.86. The lowest BCUT2D eigenvalue weighted by molar-refractivity contribution is -0.131. The number of nitrogens with one attached hydrogen (secondary N) is 2. The number of guanidine groups is 1. The molecular weight excluding hydrogens is 376 g/mol. The lowest BCUT2D eigenvalue weighted by Crippen LogP contribution is -2.38. The van der Waals surface area contributed by atoms with Crippen LogP contribution >= 0.6 is 0 Å². The zero-order valence-electron chi connectivity index (χ0n) is 17.7. The first-order chi connectivity index (χ1) is 14.7. The molecule has 0 spiro atoms. The van der Waals surface area contributed by atoms with Gasteiger partial charge in [-0.25, -0.2) is 0 Å². The predicted molar refractivity (Wildman–Crippen MR) is 120 cm³/mol. The van der Waals surface area contributed by atoms with Crippen molar-refractivity contribution in [3.63, 3.8) is 0 Å². The molecule has 0 saturated carbocycles. The predicted octanol–water partition coefficient (Wildman–Crippen LogP) is 2.64. The number of benzene rings is 2. The fourth-order valence-corrected chi connectivity index (χ4v) is 3.65. The van der Waals surface area contributed by atoms with E-state index in [1.165, 1.54) is 11.1 Å². The van der Waals surface area contributed by atoms with E-state index in [0.29, 0.717) is 38.6 Å². The third-order valence-corrected chi connectivity index (χ3v) is 5.36. The van der Waals surface area contributed by atoms with Gasteiger partial charge in [-0.2, -0.15) is 0 Å². The fraction of sp³-hybridized carbons (Fsp3) is 0.417. The Labute approximate surface area is 179 Å². The number of hydrogen-bond donors (Lipinski definition) is 3. The number of nitrogens with zero attached hydrogens (tertiary/aromatic N) is 2. The van der Waals surface area contributed by atoms with Crippen LogP contribution in [0.1, 0.15) is 42.4 Å². The second-order valence-electron chi connectivity index (χ2n) is 7.56. The number of hydrogen-bond acceptors (Lipinski definition) is 3. The van der Waals surface area contributed by atoms with Gasteiger partial charge in [0.05, 0.1) is 13.2 Å². The van der Waals surface area contributed by atoms with Gasteiger partial charge in [-0.15, -0.1) is 0 Å². The van der Waals surface area contributed by atoms with Gasteiger partial charge in [0.1, 0.15) is 0 Å². The van der Waals surface area contributed by atoms with Gasteiger partial charge in [0.15, 0.2) is 5.96 Å². The van der Waals surface area contributed by atoms with Crippen molar-refractivity contribution < 1.29 is 9.90 Å². The van der Waals surface area contributed by atoms with E-state index in [-0.39, 0.29) is 18.4 Å². The minimum absolute atomic E-state index is 0.0277. The van der Waals surface area contributed by atoms with Crippen molar-refractivity contribution in [1.29, 1.82) is 0 Å². The van der Waals surface area contributed by atoms with E-state index < -0.39 is 0 Å². The van der Waals surface area contributed by atoms with E-state index in [1.54, 1.807) is 0 Å². The maximum absolute atomic E-state index is 12.5. The summed E-state index contributed by atoms with van der Waals surface area (Å²) in [7, 11) is 0. The molecule has 6 heteroatoms. The first kappa shape index (κ1) is 21.8. The number of rotatable bonds is 9. The number of fused-ring (bicyclic) bond motifs is 1. The van der Waals surface area contributed by atoms with Crippen LogP contribution in [0.2, 0.25) is 0 Å². The van der Waals surface area contributed by atoms with Crippen molar-refractivity contribution in [3.8, 4) is 0 Å². The maximum Gasteiger partial charge on any atom is 0.223 e. The molecule has 1 amide bonds. The van der Waals surface area contributed by atoms with Gasteiger partial charge >= 0.3 is 0 Å². The van der Waals surface area contributed by atoms with Crippen LogP contribution < -0.4 is 10.6 Å². The smallest absolute Gasteiger partial charge is 0.223 e. The van der Waals surface area contributed by atoms with E-state index in [2.05, 4.69) is 27.8 Å². The molecular formula is C24H32N4O2. The zero-order chi connectivity index (χ0) is 21.2. The molecule has 0 saturated heterocycles. The highest BCUT2D eigenvalue weighted by Crippen LogP contribution is 2.22. The molecule has 6 nitrogen and oxygen atoms in total. The molecule has 2 aromatic carbocycles. The normalized spacial score (nSPS) is 14.3. The topological polar surface area (TPSA) is 77.0 Å².